The predicted octanol–water partition coefficient (Wildman–Crippen LogP) is 4.34. The van der Waals surface area contributed by atoms with Gasteiger partial charge in [-0.25, -0.2) is 0 Å². The summed E-state index contributed by atoms with van der Waals surface area (Å²) in [6.07, 6.45) is 10.7. The second-order valence-corrected chi connectivity index (χ2v) is 3.77. The lowest BCUT2D eigenvalue weighted by molar-refractivity contribution is 0.962. The first kappa shape index (κ1) is 10.8. The second-order valence-electron chi connectivity index (χ2n) is 3.77. The van der Waals surface area contributed by atoms with Crippen molar-refractivity contribution in [1.82, 2.24) is 0 Å². The van der Waals surface area contributed by atoms with Crippen molar-refractivity contribution in [3.8, 4) is 0 Å². The SMILES string of the molecule is C=C/C(C)=C\C(=C)C1=CC(C)=CCC1. The Morgan fingerprint density at radius 1 is 1.50 bits per heavy atom. The Morgan fingerprint density at radius 2 is 2.21 bits per heavy atom. The van der Waals surface area contributed by atoms with Gasteiger partial charge in [0.2, 0.25) is 0 Å². The highest BCUT2D eigenvalue weighted by molar-refractivity contribution is 5.45. The van der Waals surface area contributed by atoms with Crippen LogP contribution in [-0.4, -0.2) is 0 Å². The first-order valence-electron chi connectivity index (χ1n) is 5.01. The summed E-state index contributed by atoms with van der Waals surface area (Å²) in [5, 5.41) is 0. The molecule has 1 aliphatic rings. The highest BCUT2D eigenvalue weighted by Gasteiger charge is 2.04. The Morgan fingerprint density at radius 3 is 2.79 bits per heavy atom. The van der Waals surface area contributed by atoms with Crippen LogP contribution in [0, 0.1) is 0 Å². The van der Waals surface area contributed by atoms with Crippen LogP contribution in [0.4, 0.5) is 0 Å². The molecule has 0 nitrogen and oxygen atoms in total. The van der Waals surface area contributed by atoms with E-state index in [1.165, 1.54) is 16.7 Å². The lowest BCUT2D eigenvalue weighted by atomic mass is 9.94. The number of rotatable bonds is 3. The molecule has 14 heavy (non-hydrogen) atoms. The van der Waals surface area contributed by atoms with Crippen molar-refractivity contribution in [2.75, 3.05) is 0 Å². The maximum absolute atomic E-state index is 4.08. The summed E-state index contributed by atoms with van der Waals surface area (Å²) in [6, 6.07) is 0. The topological polar surface area (TPSA) is 0 Å². The van der Waals surface area contributed by atoms with Crippen molar-refractivity contribution in [2.45, 2.75) is 26.7 Å². The molecule has 0 saturated carbocycles. The predicted molar refractivity (Wildman–Crippen MR) is 64.2 cm³/mol. The zero-order valence-electron chi connectivity index (χ0n) is 9.14. The standard InChI is InChI=1S/C14H18/c1-5-11(2)9-13(4)14-8-6-7-12(3)10-14/h5,7,9-10H,1,4,6,8H2,2-3H3/b11-9-. The van der Waals surface area contributed by atoms with E-state index < -0.39 is 0 Å². The van der Waals surface area contributed by atoms with E-state index in [9.17, 15) is 0 Å². The van der Waals surface area contributed by atoms with Crippen molar-refractivity contribution < 1.29 is 0 Å². The fourth-order valence-electron chi connectivity index (χ4n) is 1.54. The molecule has 0 heterocycles. The zero-order valence-corrected chi connectivity index (χ0v) is 9.14. The molecule has 0 fully saturated rings. The van der Waals surface area contributed by atoms with Gasteiger partial charge in [0.05, 0.1) is 0 Å². The van der Waals surface area contributed by atoms with Gasteiger partial charge in [-0.3, -0.25) is 0 Å². The molecule has 0 aromatic carbocycles. The van der Waals surface area contributed by atoms with Gasteiger partial charge in [-0.2, -0.15) is 0 Å². The van der Waals surface area contributed by atoms with Crippen molar-refractivity contribution >= 4 is 0 Å². The monoisotopic (exact) mass is 186 g/mol. The van der Waals surface area contributed by atoms with Gasteiger partial charge in [-0.1, -0.05) is 48.6 Å². The lowest BCUT2D eigenvalue weighted by Crippen LogP contribution is -1.92. The summed E-state index contributed by atoms with van der Waals surface area (Å²) in [5.74, 6) is 0. The van der Waals surface area contributed by atoms with Crippen LogP contribution < -0.4 is 0 Å². The van der Waals surface area contributed by atoms with Gasteiger partial charge in [0.25, 0.3) is 0 Å². The maximum Gasteiger partial charge on any atom is -0.0238 e. The molecular weight excluding hydrogens is 168 g/mol. The van der Waals surface area contributed by atoms with Crippen LogP contribution in [0.2, 0.25) is 0 Å². The van der Waals surface area contributed by atoms with E-state index in [0.717, 1.165) is 18.4 Å². The summed E-state index contributed by atoms with van der Waals surface area (Å²) < 4.78 is 0. The fraction of sp³-hybridized carbons (Fsp3) is 0.286. The Balaban J connectivity index is 2.80. The van der Waals surface area contributed by atoms with E-state index in [0.29, 0.717) is 0 Å². The maximum atomic E-state index is 4.08. The lowest BCUT2D eigenvalue weighted by Gasteiger charge is -2.12. The number of hydrogen-bond acceptors (Lipinski definition) is 0. The Bertz CT molecular complexity index is 335. The van der Waals surface area contributed by atoms with Gasteiger partial charge < -0.3 is 0 Å². The largest absolute Gasteiger partial charge is 0.0988 e. The van der Waals surface area contributed by atoms with Crippen LogP contribution in [0.3, 0.4) is 0 Å². The smallest absolute Gasteiger partial charge is 0.0238 e. The molecule has 0 spiro atoms. The van der Waals surface area contributed by atoms with Crippen molar-refractivity contribution in [3.05, 3.63) is 59.8 Å². The first-order valence-corrected chi connectivity index (χ1v) is 5.01. The number of hydrogen-bond donors (Lipinski definition) is 0. The van der Waals surface area contributed by atoms with E-state index in [2.05, 4.69) is 38.3 Å². The van der Waals surface area contributed by atoms with Crippen LogP contribution in [0.25, 0.3) is 0 Å². The quantitative estimate of drug-likeness (QED) is 0.575. The van der Waals surface area contributed by atoms with Gasteiger partial charge in [-0.05, 0) is 37.8 Å². The average molecular weight is 186 g/mol. The van der Waals surface area contributed by atoms with Gasteiger partial charge in [0.1, 0.15) is 0 Å². The molecule has 0 aliphatic heterocycles. The van der Waals surface area contributed by atoms with Crippen molar-refractivity contribution in [2.24, 2.45) is 0 Å². The Labute approximate surface area is 87.0 Å². The van der Waals surface area contributed by atoms with Gasteiger partial charge in [0.15, 0.2) is 0 Å². The second kappa shape index (κ2) is 4.80. The van der Waals surface area contributed by atoms with Gasteiger partial charge >= 0.3 is 0 Å². The summed E-state index contributed by atoms with van der Waals surface area (Å²) in [7, 11) is 0. The molecule has 74 valence electrons. The minimum atomic E-state index is 1.11. The number of allylic oxidation sites excluding steroid dienone is 8. The molecule has 0 aromatic rings. The van der Waals surface area contributed by atoms with Crippen LogP contribution in [0.15, 0.2) is 59.8 Å². The van der Waals surface area contributed by atoms with Crippen LogP contribution in [0.5, 0.6) is 0 Å². The molecule has 0 unspecified atom stereocenters. The molecule has 0 amide bonds. The third-order valence-corrected chi connectivity index (χ3v) is 2.42. The van der Waals surface area contributed by atoms with E-state index in [-0.39, 0.29) is 0 Å². The molecular formula is C14H18. The molecule has 0 aromatic heterocycles. The fourth-order valence-corrected chi connectivity index (χ4v) is 1.54. The van der Waals surface area contributed by atoms with E-state index in [1.807, 2.05) is 13.0 Å². The molecule has 1 aliphatic carbocycles. The van der Waals surface area contributed by atoms with E-state index >= 15 is 0 Å². The molecule has 0 heteroatoms. The molecule has 0 N–H and O–H groups in total. The van der Waals surface area contributed by atoms with Crippen LogP contribution in [-0.2, 0) is 0 Å². The third kappa shape index (κ3) is 2.88. The van der Waals surface area contributed by atoms with Crippen LogP contribution in [0.1, 0.15) is 26.7 Å². The van der Waals surface area contributed by atoms with Gasteiger partial charge in [-0.15, -0.1) is 0 Å². The summed E-state index contributed by atoms with van der Waals surface area (Å²) in [6.45, 7) is 12.0. The van der Waals surface area contributed by atoms with Crippen molar-refractivity contribution in [3.63, 3.8) is 0 Å². The average Bonchev–Trinajstić information content (AvgIpc) is 2.17. The zero-order chi connectivity index (χ0) is 10.6. The van der Waals surface area contributed by atoms with E-state index in [4.69, 9.17) is 0 Å². The van der Waals surface area contributed by atoms with E-state index in [1.54, 1.807) is 0 Å². The Hall–Kier alpha value is -1.30. The highest BCUT2D eigenvalue weighted by Crippen LogP contribution is 2.23. The Kier molecular flexibility index (Phi) is 3.70. The first-order chi connectivity index (χ1) is 6.63. The van der Waals surface area contributed by atoms with Crippen molar-refractivity contribution in [1.29, 1.82) is 0 Å². The van der Waals surface area contributed by atoms with Gasteiger partial charge in [0, 0.05) is 0 Å². The summed E-state index contributed by atoms with van der Waals surface area (Å²) >= 11 is 0. The third-order valence-electron chi connectivity index (χ3n) is 2.42. The molecule has 0 atom stereocenters. The molecule has 0 bridgehead atoms. The highest BCUT2D eigenvalue weighted by atomic mass is 14.1. The summed E-state index contributed by atoms with van der Waals surface area (Å²) in [4.78, 5) is 0. The normalized spacial score (nSPS) is 17.1. The summed E-state index contributed by atoms with van der Waals surface area (Å²) in [5.41, 5.74) is 4.99. The minimum Gasteiger partial charge on any atom is -0.0988 e. The van der Waals surface area contributed by atoms with Crippen LogP contribution >= 0.6 is 0 Å². The molecule has 0 saturated heterocycles. The minimum absolute atomic E-state index is 1.11. The molecule has 0 radical (unpaired) electrons. The molecule has 1 rings (SSSR count).